The Kier molecular flexibility index (Phi) is 3.81. The summed E-state index contributed by atoms with van der Waals surface area (Å²) < 4.78 is 13.4. The van der Waals surface area contributed by atoms with Crippen molar-refractivity contribution < 1.29 is 9.18 Å². The number of Topliss-reactive ketones (excluding diaryl/α,β-unsaturated/α-hetero) is 1. The molecule has 3 heteroatoms. The third-order valence-electron chi connectivity index (χ3n) is 2.07. The molecule has 0 spiro atoms. The van der Waals surface area contributed by atoms with E-state index >= 15 is 0 Å². The highest BCUT2D eigenvalue weighted by Crippen LogP contribution is 2.15. The van der Waals surface area contributed by atoms with Crippen LogP contribution in [0.15, 0.2) is 18.2 Å². The number of rotatable bonds is 3. The smallest absolute Gasteiger partial charge is 0.179 e. The van der Waals surface area contributed by atoms with E-state index in [1.165, 1.54) is 6.07 Å². The monoisotopic (exact) mass is 258 g/mol. The van der Waals surface area contributed by atoms with E-state index in [2.05, 4.69) is 15.9 Å². The zero-order chi connectivity index (χ0) is 10.7. The number of ketones is 1. The molecule has 0 bridgehead atoms. The van der Waals surface area contributed by atoms with E-state index in [0.717, 1.165) is 12.0 Å². The summed E-state index contributed by atoms with van der Waals surface area (Å²) in [4.78, 5) is 11.1. The van der Waals surface area contributed by atoms with Gasteiger partial charge >= 0.3 is 0 Å². The van der Waals surface area contributed by atoms with E-state index in [1.54, 1.807) is 19.1 Å². The largest absolute Gasteiger partial charge is 0.293 e. The lowest BCUT2D eigenvalue weighted by atomic mass is 10.0. The molecule has 0 saturated carbocycles. The quantitative estimate of drug-likeness (QED) is 0.601. The van der Waals surface area contributed by atoms with Crippen LogP contribution in [0.5, 0.6) is 0 Å². The van der Waals surface area contributed by atoms with Crippen LogP contribution < -0.4 is 0 Å². The number of alkyl halides is 1. The number of carbonyl (C=O) groups is 1. The van der Waals surface area contributed by atoms with Gasteiger partial charge in [0.2, 0.25) is 0 Å². The highest BCUT2D eigenvalue weighted by Gasteiger charge is 2.16. The Bertz CT molecular complexity index is 347. The second kappa shape index (κ2) is 4.69. The standard InChI is InChI=1S/C11H12BrFO/c1-3-8-4-5-9(10(13)6-8)11(14)7(2)12/h4-7H,3H2,1-2H3. The lowest BCUT2D eigenvalue weighted by Gasteiger charge is -2.05. The molecule has 0 N–H and O–H groups in total. The summed E-state index contributed by atoms with van der Waals surface area (Å²) in [5.74, 6) is -0.647. The minimum Gasteiger partial charge on any atom is -0.293 e. The highest BCUT2D eigenvalue weighted by molar-refractivity contribution is 9.10. The molecular weight excluding hydrogens is 247 g/mol. The fourth-order valence-corrected chi connectivity index (χ4v) is 1.44. The molecule has 1 nitrogen and oxygen atoms in total. The van der Waals surface area contributed by atoms with Gasteiger partial charge in [-0.3, -0.25) is 4.79 Å². The molecular formula is C11H12BrFO. The van der Waals surface area contributed by atoms with Crippen LogP contribution in [0.25, 0.3) is 0 Å². The summed E-state index contributed by atoms with van der Waals surface area (Å²) in [5.41, 5.74) is 1.06. The highest BCUT2D eigenvalue weighted by atomic mass is 79.9. The molecule has 1 unspecified atom stereocenters. The molecule has 0 amide bonds. The van der Waals surface area contributed by atoms with Crippen molar-refractivity contribution in [3.63, 3.8) is 0 Å². The average Bonchev–Trinajstić information content (AvgIpc) is 2.16. The first kappa shape index (κ1) is 11.4. The van der Waals surface area contributed by atoms with Crippen LogP contribution in [0.3, 0.4) is 0 Å². The van der Waals surface area contributed by atoms with Gasteiger partial charge in [0.15, 0.2) is 5.78 Å². The molecule has 14 heavy (non-hydrogen) atoms. The van der Waals surface area contributed by atoms with Crippen molar-refractivity contribution >= 4 is 21.7 Å². The second-order valence-electron chi connectivity index (χ2n) is 3.15. The van der Waals surface area contributed by atoms with Gasteiger partial charge in [0, 0.05) is 0 Å². The Morgan fingerprint density at radius 2 is 2.21 bits per heavy atom. The predicted molar refractivity (Wildman–Crippen MR) is 58.5 cm³/mol. The molecule has 1 atom stereocenters. The third-order valence-corrected chi connectivity index (χ3v) is 2.48. The van der Waals surface area contributed by atoms with Crippen molar-refractivity contribution in [2.75, 3.05) is 0 Å². The fraction of sp³-hybridized carbons (Fsp3) is 0.364. The van der Waals surface area contributed by atoms with Crippen molar-refractivity contribution in [2.45, 2.75) is 25.1 Å². The van der Waals surface area contributed by atoms with Gasteiger partial charge in [-0.15, -0.1) is 0 Å². The summed E-state index contributed by atoms with van der Waals surface area (Å²) in [7, 11) is 0. The van der Waals surface area contributed by atoms with Gasteiger partial charge in [0.25, 0.3) is 0 Å². The second-order valence-corrected chi connectivity index (χ2v) is 4.52. The lowest BCUT2D eigenvalue weighted by molar-refractivity contribution is 0.0992. The summed E-state index contributed by atoms with van der Waals surface area (Å²) in [5, 5.41) is 0. The molecule has 0 aliphatic carbocycles. The van der Waals surface area contributed by atoms with Gasteiger partial charge in [0.05, 0.1) is 10.4 Å². The van der Waals surface area contributed by atoms with Crippen LogP contribution in [0.2, 0.25) is 0 Å². The van der Waals surface area contributed by atoms with Crippen molar-refractivity contribution in [2.24, 2.45) is 0 Å². The molecule has 0 aliphatic heterocycles. The van der Waals surface area contributed by atoms with Crippen LogP contribution in [0.1, 0.15) is 29.8 Å². The van der Waals surface area contributed by atoms with E-state index in [4.69, 9.17) is 0 Å². The van der Waals surface area contributed by atoms with Gasteiger partial charge in [0.1, 0.15) is 5.82 Å². The summed E-state index contributed by atoms with van der Waals surface area (Å²) in [6, 6.07) is 4.75. The maximum atomic E-state index is 13.4. The van der Waals surface area contributed by atoms with Crippen molar-refractivity contribution in [3.05, 3.63) is 35.1 Å². The maximum Gasteiger partial charge on any atom is 0.179 e. The first-order chi connectivity index (χ1) is 6.56. The number of halogens is 2. The Hall–Kier alpha value is -0.700. The zero-order valence-electron chi connectivity index (χ0n) is 8.18. The molecule has 1 rings (SSSR count). The zero-order valence-corrected chi connectivity index (χ0v) is 9.77. The normalized spacial score (nSPS) is 12.6. The van der Waals surface area contributed by atoms with Gasteiger partial charge in [-0.25, -0.2) is 4.39 Å². The third kappa shape index (κ3) is 2.41. The van der Waals surface area contributed by atoms with Crippen molar-refractivity contribution in [1.82, 2.24) is 0 Å². The average molecular weight is 259 g/mol. The van der Waals surface area contributed by atoms with E-state index in [-0.39, 0.29) is 16.2 Å². The predicted octanol–water partition coefficient (Wildman–Crippen LogP) is 3.35. The van der Waals surface area contributed by atoms with Crippen molar-refractivity contribution in [1.29, 1.82) is 0 Å². The van der Waals surface area contributed by atoms with E-state index in [1.807, 2.05) is 6.92 Å². The van der Waals surface area contributed by atoms with Crippen LogP contribution in [0, 0.1) is 5.82 Å². The molecule has 76 valence electrons. The minimum atomic E-state index is -0.430. The molecule has 0 saturated heterocycles. The lowest BCUT2D eigenvalue weighted by Crippen LogP contribution is -2.12. The van der Waals surface area contributed by atoms with Crippen LogP contribution >= 0.6 is 15.9 Å². The Morgan fingerprint density at radius 3 is 2.64 bits per heavy atom. The Morgan fingerprint density at radius 1 is 1.57 bits per heavy atom. The molecule has 0 aliphatic rings. The van der Waals surface area contributed by atoms with Crippen LogP contribution in [-0.4, -0.2) is 10.6 Å². The topological polar surface area (TPSA) is 17.1 Å². The number of carbonyl (C=O) groups excluding carboxylic acids is 1. The van der Waals surface area contributed by atoms with Gasteiger partial charge in [-0.1, -0.05) is 28.9 Å². The molecule has 0 fully saturated rings. The molecule has 1 aromatic carbocycles. The number of hydrogen-bond acceptors (Lipinski definition) is 1. The number of benzene rings is 1. The SMILES string of the molecule is CCc1ccc(C(=O)C(C)Br)c(F)c1. The summed E-state index contributed by atoms with van der Waals surface area (Å²) in [6.45, 7) is 3.64. The first-order valence-electron chi connectivity index (χ1n) is 4.53. The Labute approximate surface area is 91.5 Å². The molecule has 1 aromatic rings. The number of hydrogen-bond donors (Lipinski definition) is 0. The summed E-state index contributed by atoms with van der Waals surface area (Å²) in [6.07, 6.45) is 0.773. The minimum absolute atomic E-state index is 0.159. The van der Waals surface area contributed by atoms with Crippen LogP contribution in [-0.2, 0) is 6.42 Å². The fourth-order valence-electron chi connectivity index (χ4n) is 1.19. The van der Waals surface area contributed by atoms with E-state index in [9.17, 15) is 9.18 Å². The summed E-state index contributed by atoms with van der Waals surface area (Å²) >= 11 is 3.13. The Balaban J connectivity index is 3.06. The van der Waals surface area contributed by atoms with Gasteiger partial charge < -0.3 is 0 Å². The van der Waals surface area contributed by atoms with Gasteiger partial charge in [-0.2, -0.15) is 0 Å². The first-order valence-corrected chi connectivity index (χ1v) is 5.44. The molecule has 0 radical (unpaired) electrons. The van der Waals surface area contributed by atoms with Crippen LogP contribution in [0.4, 0.5) is 4.39 Å². The van der Waals surface area contributed by atoms with E-state index < -0.39 is 5.82 Å². The molecule has 0 heterocycles. The maximum absolute atomic E-state index is 13.4. The van der Waals surface area contributed by atoms with Crippen molar-refractivity contribution in [3.8, 4) is 0 Å². The van der Waals surface area contributed by atoms with E-state index in [0.29, 0.717) is 0 Å². The molecule has 0 aromatic heterocycles. The number of aryl methyl sites for hydroxylation is 1. The van der Waals surface area contributed by atoms with Gasteiger partial charge in [-0.05, 0) is 31.0 Å².